The summed E-state index contributed by atoms with van der Waals surface area (Å²) in [6.45, 7) is 9.20. The maximum absolute atomic E-state index is 13.3. The molecule has 0 bridgehead atoms. The molecule has 0 fully saturated rings. The van der Waals surface area contributed by atoms with Crippen LogP contribution in [-0.2, 0) is 29.5 Å². The van der Waals surface area contributed by atoms with Crippen LogP contribution in [0.2, 0.25) is 0 Å². The van der Waals surface area contributed by atoms with Crippen LogP contribution in [0.4, 0.5) is 0 Å². The van der Waals surface area contributed by atoms with E-state index in [9.17, 15) is 9.59 Å². The fourth-order valence-electron chi connectivity index (χ4n) is 7.65. The highest BCUT2D eigenvalue weighted by Gasteiger charge is 2.20. The Morgan fingerprint density at radius 2 is 1.41 bits per heavy atom. The van der Waals surface area contributed by atoms with Gasteiger partial charge in [-0.1, -0.05) is 106 Å². The summed E-state index contributed by atoms with van der Waals surface area (Å²) in [5.41, 5.74) is 11.2. The van der Waals surface area contributed by atoms with Gasteiger partial charge in [0, 0.05) is 25.6 Å². The van der Waals surface area contributed by atoms with Gasteiger partial charge in [0.1, 0.15) is 24.9 Å². The van der Waals surface area contributed by atoms with Gasteiger partial charge in [0.05, 0.1) is 33.2 Å². The lowest BCUT2D eigenvalue weighted by molar-refractivity contribution is 0.0265. The number of rotatable bonds is 15. The molecule has 0 N–H and O–H groups in total. The third-order valence-electron chi connectivity index (χ3n) is 10.6. The molecular formula is C48H50N4O4. The third-order valence-corrected chi connectivity index (χ3v) is 10.6. The fourth-order valence-corrected chi connectivity index (χ4v) is 7.65. The van der Waals surface area contributed by atoms with E-state index >= 15 is 0 Å². The SMILES string of the molecule is CCCCC(C)c1ccccc1C(=O)OCCOC(=O)c1ccccc1-c1ccc(Cn2c(CCC)nc3c(C)cc(-c4nc5ccccc5n4C)cc32)cc1. The molecule has 0 spiro atoms. The van der Waals surface area contributed by atoms with Gasteiger partial charge in [0.15, 0.2) is 0 Å². The normalized spacial score (nSPS) is 11.9. The molecule has 1 unspecified atom stereocenters. The number of imidazole rings is 2. The molecule has 1 atom stereocenters. The summed E-state index contributed by atoms with van der Waals surface area (Å²) in [6, 6.07) is 36.0. The van der Waals surface area contributed by atoms with E-state index in [2.05, 4.69) is 92.4 Å². The lowest BCUT2D eigenvalue weighted by Crippen LogP contribution is -2.16. The van der Waals surface area contributed by atoms with Gasteiger partial charge in [-0.3, -0.25) is 0 Å². The van der Waals surface area contributed by atoms with Gasteiger partial charge >= 0.3 is 11.9 Å². The molecule has 8 nitrogen and oxygen atoms in total. The van der Waals surface area contributed by atoms with Crippen molar-refractivity contribution in [3.8, 4) is 22.5 Å². The van der Waals surface area contributed by atoms with Gasteiger partial charge in [-0.15, -0.1) is 0 Å². The second-order valence-corrected chi connectivity index (χ2v) is 14.7. The summed E-state index contributed by atoms with van der Waals surface area (Å²) in [7, 11) is 2.07. The Kier molecular flexibility index (Phi) is 11.7. The van der Waals surface area contributed by atoms with Crippen LogP contribution in [0.1, 0.15) is 95.6 Å². The predicted molar refractivity (Wildman–Crippen MR) is 224 cm³/mol. The molecule has 0 amide bonds. The van der Waals surface area contributed by atoms with Crippen molar-refractivity contribution in [2.45, 2.75) is 72.3 Å². The van der Waals surface area contributed by atoms with Crippen molar-refractivity contribution in [2.24, 2.45) is 7.05 Å². The fraction of sp³-hybridized carbons (Fsp3) is 0.292. The summed E-state index contributed by atoms with van der Waals surface area (Å²) in [6.07, 6.45) is 5.07. The number of hydrogen-bond acceptors (Lipinski definition) is 6. The van der Waals surface area contributed by atoms with E-state index in [4.69, 9.17) is 19.4 Å². The van der Waals surface area contributed by atoms with Crippen molar-refractivity contribution in [3.05, 3.63) is 143 Å². The second-order valence-electron chi connectivity index (χ2n) is 14.7. The largest absolute Gasteiger partial charge is 0.458 e. The van der Waals surface area contributed by atoms with Crippen molar-refractivity contribution in [1.29, 1.82) is 0 Å². The molecule has 2 aromatic heterocycles. The molecule has 5 aromatic carbocycles. The average Bonchev–Trinajstić information content (AvgIpc) is 3.75. The van der Waals surface area contributed by atoms with Gasteiger partial charge in [0.2, 0.25) is 0 Å². The summed E-state index contributed by atoms with van der Waals surface area (Å²) in [4.78, 5) is 36.5. The van der Waals surface area contributed by atoms with Crippen molar-refractivity contribution in [2.75, 3.05) is 13.2 Å². The van der Waals surface area contributed by atoms with Crippen LogP contribution in [0.25, 0.3) is 44.6 Å². The van der Waals surface area contributed by atoms with Crippen LogP contribution in [0.5, 0.6) is 0 Å². The summed E-state index contributed by atoms with van der Waals surface area (Å²) < 4.78 is 15.7. The van der Waals surface area contributed by atoms with Gasteiger partial charge < -0.3 is 18.6 Å². The Hall–Kier alpha value is -6.02. The first-order valence-corrected chi connectivity index (χ1v) is 19.8. The van der Waals surface area contributed by atoms with Crippen molar-refractivity contribution < 1.29 is 19.1 Å². The summed E-state index contributed by atoms with van der Waals surface area (Å²) >= 11 is 0. The summed E-state index contributed by atoms with van der Waals surface area (Å²) in [5.74, 6) is 1.38. The number of carbonyl (C=O) groups excluding carboxylic acids is 2. The molecule has 0 aliphatic carbocycles. The topological polar surface area (TPSA) is 88.2 Å². The van der Waals surface area contributed by atoms with Crippen LogP contribution in [0, 0.1) is 6.92 Å². The second kappa shape index (κ2) is 17.2. The predicted octanol–water partition coefficient (Wildman–Crippen LogP) is 10.9. The van der Waals surface area contributed by atoms with Crippen LogP contribution in [-0.4, -0.2) is 44.3 Å². The lowest BCUT2D eigenvalue weighted by Gasteiger charge is -2.16. The standard InChI is InChI=1S/C48H50N4O4/c1-6-8-16-32(3)37-17-9-11-19-39(37)47(53)55-27-28-56-48(54)40-20-12-10-18-38(40)35-25-23-34(24-26-35)31-52-43-30-36(29-33(4)45(43)50-44(52)15-7-2)46-49-41-21-13-14-22-42(41)51(46)5/h9-14,17-26,29-30,32H,6-8,15-16,27-28,31H2,1-5H3. The van der Waals surface area contributed by atoms with E-state index in [-0.39, 0.29) is 19.1 Å². The number of aryl methyl sites for hydroxylation is 3. The van der Waals surface area contributed by atoms with Crippen molar-refractivity contribution in [1.82, 2.24) is 19.1 Å². The third kappa shape index (κ3) is 8.01. The highest BCUT2D eigenvalue weighted by atomic mass is 16.6. The molecule has 0 aliphatic rings. The van der Waals surface area contributed by atoms with E-state index in [1.807, 2.05) is 48.5 Å². The number of aromatic nitrogens is 4. The van der Waals surface area contributed by atoms with Crippen molar-refractivity contribution in [3.63, 3.8) is 0 Å². The van der Waals surface area contributed by atoms with E-state index in [1.165, 1.54) is 0 Å². The van der Waals surface area contributed by atoms with Crippen LogP contribution in [0.3, 0.4) is 0 Å². The molecule has 0 aliphatic heterocycles. The molecule has 2 heterocycles. The molecule has 0 saturated carbocycles. The molecular weight excluding hydrogens is 697 g/mol. The Morgan fingerprint density at radius 3 is 2.14 bits per heavy atom. The Balaban J connectivity index is 1.05. The zero-order valence-electron chi connectivity index (χ0n) is 33.0. The Morgan fingerprint density at radius 1 is 0.732 bits per heavy atom. The average molecular weight is 747 g/mol. The van der Waals surface area contributed by atoms with E-state index in [0.717, 1.165) is 99.2 Å². The molecule has 7 rings (SSSR count). The molecule has 286 valence electrons. The first kappa shape index (κ1) is 38.3. The number of benzene rings is 5. The lowest BCUT2D eigenvalue weighted by atomic mass is 9.91. The number of fused-ring (bicyclic) bond motifs is 2. The number of esters is 2. The maximum Gasteiger partial charge on any atom is 0.338 e. The number of ether oxygens (including phenoxy) is 2. The number of unbranched alkanes of at least 4 members (excludes halogenated alkanes) is 1. The molecule has 0 radical (unpaired) electrons. The van der Waals surface area contributed by atoms with Gasteiger partial charge in [-0.05, 0) is 89.9 Å². The van der Waals surface area contributed by atoms with Gasteiger partial charge in [-0.2, -0.15) is 0 Å². The van der Waals surface area contributed by atoms with Gasteiger partial charge in [-0.25, -0.2) is 19.6 Å². The molecule has 7 aromatic rings. The van der Waals surface area contributed by atoms with Crippen LogP contribution in [0.15, 0.2) is 109 Å². The number of para-hydroxylation sites is 2. The molecule has 0 saturated heterocycles. The number of carbonyl (C=O) groups is 2. The molecule has 56 heavy (non-hydrogen) atoms. The maximum atomic E-state index is 13.3. The highest BCUT2D eigenvalue weighted by molar-refractivity contribution is 5.97. The van der Waals surface area contributed by atoms with Gasteiger partial charge in [0.25, 0.3) is 0 Å². The Labute approximate surface area is 329 Å². The highest BCUT2D eigenvalue weighted by Crippen LogP contribution is 2.32. The number of hydrogen-bond donors (Lipinski definition) is 0. The minimum absolute atomic E-state index is 0.0262. The Bertz CT molecular complexity index is 2490. The smallest absolute Gasteiger partial charge is 0.338 e. The van der Waals surface area contributed by atoms with E-state index in [1.54, 1.807) is 12.1 Å². The van der Waals surface area contributed by atoms with Crippen LogP contribution >= 0.6 is 0 Å². The van der Waals surface area contributed by atoms with Crippen molar-refractivity contribution >= 4 is 34.0 Å². The minimum atomic E-state index is -0.463. The zero-order valence-corrected chi connectivity index (χ0v) is 33.0. The van der Waals surface area contributed by atoms with Crippen LogP contribution < -0.4 is 0 Å². The zero-order chi connectivity index (χ0) is 39.2. The first-order valence-electron chi connectivity index (χ1n) is 19.8. The minimum Gasteiger partial charge on any atom is -0.458 e. The number of nitrogens with zero attached hydrogens (tertiary/aromatic N) is 4. The monoisotopic (exact) mass is 746 g/mol. The molecule has 8 heteroatoms. The summed E-state index contributed by atoms with van der Waals surface area (Å²) in [5, 5.41) is 0. The first-order chi connectivity index (χ1) is 27.3. The van der Waals surface area contributed by atoms with E-state index < -0.39 is 11.9 Å². The quantitative estimate of drug-likeness (QED) is 0.0767. The van der Waals surface area contributed by atoms with E-state index in [0.29, 0.717) is 17.7 Å².